The Kier molecular flexibility index (Phi) is 9.37. The first-order valence-electron chi connectivity index (χ1n) is 8.27. The zero-order valence-electron chi connectivity index (χ0n) is 13.9. The van der Waals surface area contributed by atoms with Crippen LogP contribution in [0.25, 0.3) is 0 Å². The molecular weight excluding hydrogens is 352 g/mol. The van der Waals surface area contributed by atoms with Crippen LogP contribution in [-0.2, 0) is 4.79 Å². The predicted octanol–water partition coefficient (Wildman–Crippen LogP) is 2.01. The van der Waals surface area contributed by atoms with Crippen molar-refractivity contribution in [3.8, 4) is 0 Å². The fraction of sp³-hybridized carbons (Fsp3) is 0.529. The lowest BCUT2D eigenvalue weighted by atomic mass is 10.1. The molecule has 140 valence electrons. The van der Waals surface area contributed by atoms with E-state index in [1.807, 2.05) is 0 Å². The van der Waals surface area contributed by atoms with E-state index in [9.17, 15) is 18.4 Å². The lowest BCUT2D eigenvalue weighted by molar-refractivity contribution is -0.121. The Hall–Kier alpha value is -1.73. The third-order valence-corrected chi connectivity index (χ3v) is 4.08. The minimum absolute atomic E-state index is 0. The van der Waals surface area contributed by atoms with Crippen LogP contribution in [0.5, 0.6) is 0 Å². The van der Waals surface area contributed by atoms with Gasteiger partial charge >= 0.3 is 0 Å². The molecule has 0 radical (unpaired) electrons. The van der Waals surface area contributed by atoms with Crippen molar-refractivity contribution < 1.29 is 18.4 Å². The van der Waals surface area contributed by atoms with E-state index < -0.39 is 17.5 Å². The Balaban J connectivity index is 0.00000312. The standard InChI is InChI=1S/C17H23F2N3O2.ClH/c18-13-3-4-14(15(19)10-13)17(24)22-7-1-2-16(23)21-9-6-12-5-8-20-11-12;/h3-4,10,12,20H,1-2,5-9,11H2,(H,21,23)(H,22,24);1H. The predicted molar refractivity (Wildman–Crippen MR) is 93.8 cm³/mol. The van der Waals surface area contributed by atoms with Crippen molar-refractivity contribution in [3.63, 3.8) is 0 Å². The zero-order chi connectivity index (χ0) is 17.4. The second-order valence-corrected chi connectivity index (χ2v) is 5.98. The minimum Gasteiger partial charge on any atom is -0.356 e. The molecule has 1 aliphatic heterocycles. The maximum Gasteiger partial charge on any atom is 0.254 e. The summed E-state index contributed by atoms with van der Waals surface area (Å²) in [6.07, 6.45) is 2.89. The fourth-order valence-corrected chi connectivity index (χ4v) is 2.68. The Morgan fingerprint density at radius 1 is 1.20 bits per heavy atom. The molecule has 3 N–H and O–H groups in total. The molecule has 1 heterocycles. The Morgan fingerprint density at radius 3 is 2.68 bits per heavy atom. The molecule has 1 fully saturated rings. The molecule has 0 saturated carbocycles. The van der Waals surface area contributed by atoms with Crippen molar-refractivity contribution in [1.82, 2.24) is 16.0 Å². The van der Waals surface area contributed by atoms with Crippen LogP contribution in [0.15, 0.2) is 18.2 Å². The van der Waals surface area contributed by atoms with Gasteiger partial charge in [0.15, 0.2) is 0 Å². The summed E-state index contributed by atoms with van der Waals surface area (Å²) in [5.74, 6) is -1.65. The Labute approximate surface area is 152 Å². The van der Waals surface area contributed by atoms with Crippen LogP contribution in [0.2, 0.25) is 0 Å². The molecule has 1 saturated heterocycles. The van der Waals surface area contributed by atoms with Crippen molar-refractivity contribution in [2.24, 2.45) is 5.92 Å². The number of rotatable bonds is 8. The van der Waals surface area contributed by atoms with Crippen LogP contribution in [0.1, 0.15) is 36.0 Å². The summed E-state index contributed by atoms with van der Waals surface area (Å²) < 4.78 is 26.2. The normalized spacial score (nSPS) is 16.2. The first kappa shape index (κ1) is 21.3. The van der Waals surface area contributed by atoms with Crippen LogP contribution in [0.4, 0.5) is 8.78 Å². The van der Waals surface area contributed by atoms with Gasteiger partial charge in [0.1, 0.15) is 11.6 Å². The van der Waals surface area contributed by atoms with Crippen molar-refractivity contribution in [2.45, 2.75) is 25.7 Å². The number of benzene rings is 1. The molecule has 0 aliphatic carbocycles. The highest BCUT2D eigenvalue weighted by Gasteiger charge is 2.14. The Bertz CT molecular complexity index is 581. The third kappa shape index (κ3) is 7.36. The second kappa shape index (κ2) is 11.0. The lowest BCUT2D eigenvalue weighted by Crippen LogP contribution is -2.29. The van der Waals surface area contributed by atoms with Gasteiger partial charge in [-0.2, -0.15) is 0 Å². The van der Waals surface area contributed by atoms with Gasteiger partial charge in [-0.15, -0.1) is 12.4 Å². The van der Waals surface area contributed by atoms with Crippen molar-refractivity contribution in [1.29, 1.82) is 0 Å². The van der Waals surface area contributed by atoms with Crippen LogP contribution in [0.3, 0.4) is 0 Å². The smallest absolute Gasteiger partial charge is 0.254 e. The first-order chi connectivity index (χ1) is 11.6. The van der Waals surface area contributed by atoms with E-state index in [1.54, 1.807) is 0 Å². The van der Waals surface area contributed by atoms with E-state index in [2.05, 4.69) is 16.0 Å². The molecule has 25 heavy (non-hydrogen) atoms. The van der Waals surface area contributed by atoms with E-state index in [0.29, 0.717) is 31.4 Å². The summed E-state index contributed by atoms with van der Waals surface area (Å²) in [6.45, 7) is 2.99. The van der Waals surface area contributed by atoms with E-state index in [-0.39, 0.29) is 30.4 Å². The van der Waals surface area contributed by atoms with Gasteiger partial charge in [0, 0.05) is 25.6 Å². The highest BCUT2D eigenvalue weighted by Crippen LogP contribution is 2.11. The van der Waals surface area contributed by atoms with E-state index in [1.165, 1.54) is 0 Å². The quantitative estimate of drug-likeness (QED) is 0.609. The summed E-state index contributed by atoms with van der Waals surface area (Å²) in [6, 6.07) is 2.80. The zero-order valence-corrected chi connectivity index (χ0v) is 14.8. The Morgan fingerprint density at radius 2 is 2.00 bits per heavy atom. The molecule has 2 amide bonds. The number of nitrogens with one attached hydrogen (secondary N) is 3. The van der Waals surface area contributed by atoms with Crippen molar-refractivity contribution in [2.75, 3.05) is 26.2 Å². The number of amides is 2. The maximum absolute atomic E-state index is 13.4. The minimum atomic E-state index is -0.897. The molecule has 0 aromatic heterocycles. The van der Waals surface area contributed by atoms with Crippen molar-refractivity contribution in [3.05, 3.63) is 35.4 Å². The number of hydrogen-bond donors (Lipinski definition) is 3. The van der Waals surface area contributed by atoms with Gasteiger partial charge in [-0.1, -0.05) is 0 Å². The second-order valence-electron chi connectivity index (χ2n) is 5.98. The summed E-state index contributed by atoms with van der Waals surface area (Å²) >= 11 is 0. The van der Waals surface area contributed by atoms with Gasteiger partial charge in [0.05, 0.1) is 5.56 Å². The molecule has 5 nitrogen and oxygen atoms in total. The maximum atomic E-state index is 13.4. The molecule has 0 spiro atoms. The van der Waals surface area contributed by atoms with Gasteiger partial charge in [0.2, 0.25) is 5.91 Å². The molecule has 1 aromatic rings. The van der Waals surface area contributed by atoms with E-state index in [0.717, 1.165) is 38.1 Å². The van der Waals surface area contributed by atoms with E-state index in [4.69, 9.17) is 0 Å². The van der Waals surface area contributed by atoms with Gasteiger partial charge in [0.25, 0.3) is 5.91 Å². The third-order valence-electron chi connectivity index (χ3n) is 4.08. The van der Waals surface area contributed by atoms with Gasteiger partial charge in [-0.25, -0.2) is 8.78 Å². The molecule has 1 aromatic carbocycles. The average Bonchev–Trinajstić information content (AvgIpc) is 3.04. The molecule has 2 rings (SSSR count). The number of carbonyl (C=O) groups excluding carboxylic acids is 2. The summed E-state index contributed by atoms with van der Waals surface area (Å²) in [5, 5.41) is 8.67. The fourth-order valence-electron chi connectivity index (χ4n) is 2.68. The summed E-state index contributed by atoms with van der Waals surface area (Å²) in [7, 11) is 0. The molecule has 1 aliphatic rings. The van der Waals surface area contributed by atoms with E-state index >= 15 is 0 Å². The van der Waals surface area contributed by atoms with Gasteiger partial charge in [-0.05, 0) is 50.4 Å². The molecule has 1 unspecified atom stereocenters. The van der Waals surface area contributed by atoms with Gasteiger partial charge < -0.3 is 16.0 Å². The van der Waals surface area contributed by atoms with Gasteiger partial charge in [-0.3, -0.25) is 9.59 Å². The molecule has 1 atom stereocenters. The monoisotopic (exact) mass is 375 g/mol. The molecular formula is C17H24ClF2N3O2. The highest BCUT2D eigenvalue weighted by atomic mass is 35.5. The summed E-state index contributed by atoms with van der Waals surface area (Å²) in [5.41, 5.74) is -0.203. The molecule has 8 heteroatoms. The number of hydrogen-bond acceptors (Lipinski definition) is 3. The molecule has 0 bridgehead atoms. The van der Waals surface area contributed by atoms with Crippen LogP contribution in [0, 0.1) is 17.6 Å². The largest absolute Gasteiger partial charge is 0.356 e. The lowest BCUT2D eigenvalue weighted by Gasteiger charge is -2.09. The topological polar surface area (TPSA) is 70.2 Å². The number of carbonyl (C=O) groups is 2. The number of halogens is 3. The van der Waals surface area contributed by atoms with Crippen LogP contribution >= 0.6 is 12.4 Å². The average molecular weight is 376 g/mol. The van der Waals surface area contributed by atoms with Crippen LogP contribution in [-0.4, -0.2) is 38.0 Å². The summed E-state index contributed by atoms with van der Waals surface area (Å²) in [4.78, 5) is 23.4. The van der Waals surface area contributed by atoms with Crippen molar-refractivity contribution >= 4 is 24.2 Å². The SMILES string of the molecule is Cl.O=C(CCCNC(=O)c1ccc(F)cc1F)NCCC1CCNC1. The highest BCUT2D eigenvalue weighted by molar-refractivity contribution is 5.94. The first-order valence-corrected chi connectivity index (χ1v) is 8.27. The van der Waals surface area contributed by atoms with Crippen LogP contribution < -0.4 is 16.0 Å².